The summed E-state index contributed by atoms with van der Waals surface area (Å²) in [7, 11) is 1.50. The van der Waals surface area contributed by atoms with Crippen molar-refractivity contribution < 1.29 is 19.1 Å². The predicted octanol–water partition coefficient (Wildman–Crippen LogP) is 2.37. The van der Waals surface area contributed by atoms with Gasteiger partial charge in [0.05, 0.1) is 0 Å². The van der Waals surface area contributed by atoms with Crippen LogP contribution in [0, 0.1) is 0 Å². The molecule has 6 heteroatoms. The fraction of sp³-hybridized carbons (Fsp3) is 0.818. The average Bonchev–Trinajstić information content (AvgIpc) is 2.16. The number of nitrogens with zero attached hydrogens (tertiary/aromatic N) is 1. The molecule has 0 saturated heterocycles. The third-order valence-electron chi connectivity index (χ3n) is 2.00. The van der Waals surface area contributed by atoms with Gasteiger partial charge in [-0.2, -0.15) is 0 Å². The van der Waals surface area contributed by atoms with Gasteiger partial charge < -0.3 is 9.47 Å². The zero-order valence-corrected chi connectivity index (χ0v) is 11.7. The summed E-state index contributed by atoms with van der Waals surface area (Å²) in [6, 6.07) is -0.902. The lowest BCUT2D eigenvalue weighted by Gasteiger charge is -2.28. The quantitative estimate of drug-likeness (QED) is 0.578. The molecule has 1 unspecified atom stereocenters. The summed E-state index contributed by atoms with van der Waals surface area (Å²) in [4.78, 5) is 24.5. The minimum absolute atomic E-state index is 0.225. The Kier molecular flexibility index (Phi) is 6.31. The lowest BCUT2D eigenvalue weighted by Crippen LogP contribution is -2.45. The molecule has 17 heavy (non-hydrogen) atoms. The molecule has 1 amide bonds. The first-order valence-electron chi connectivity index (χ1n) is 5.41. The zero-order chi connectivity index (χ0) is 13.6. The van der Waals surface area contributed by atoms with Crippen LogP contribution in [0.15, 0.2) is 0 Å². The molecule has 0 aromatic heterocycles. The van der Waals surface area contributed by atoms with Crippen LogP contribution in [0.2, 0.25) is 0 Å². The molecule has 0 spiro atoms. The molecule has 0 saturated carbocycles. The highest BCUT2D eigenvalue weighted by Gasteiger charge is 2.29. The van der Waals surface area contributed by atoms with E-state index in [9.17, 15) is 9.59 Å². The zero-order valence-electron chi connectivity index (χ0n) is 10.9. The number of hydrogen-bond donors (Lipinski definition) is 0. The van der Waals surface area contributed by atoms with Crippen molar-refractivity contribution in [1.29, 1.82) is 0 Å². The minimum Gasteiger partial charge on any atom is -0.448 e. The standard InChI is InChI=1S/C11H20ClNO4/c1-6-8(9(14)16-7-12)13(5)10(15)17-11(2,3)4/h8H,6-7H2,1-5H3. The van der Waals surface area contributed by atoms with Gasteiger partial charge in [-0.15, -0.1) is 0 Å². The third kappa shape index (κ3) is 5.77. The van der Waals surface area contributed by atoms with Gasteiger partial charge >= 0.3 is 12.1 Å². The maximum atomic E-state index is 11.7. The number of halogens is 1. The van der Waals surface area contributed by atoms with E-state index >= 15 is 0 Å². The first kappa shape index (κ1) is 16.0. The van der Waals surface area contributed by atoms with Crippen molar-refractivity contribution in [2.24, 2.45) is 0 Å². The van der Waals surface area contributed by atoms with E-state index in [2.05, 4.69) is 4.74 Å². The minimum atomic E-state index is -0.677. The van der Waals surface area contributed by atoms with Gasteiger partial charge in [-0.3, -0.25) is 4.90 Å². The van der Waals surface area contributed by atoms with Crippen molar-refractivity contribution in [2.45, 2.75) is 45.8 Å². The molecule has 100 valence electrons. The third-order valence-corrected chi connectivity index (χ3v) is 2.11. The summed E-state index contributed by atoms with van der Waals surface area (Å²) in [5.74, 6) is -0.532. The molecule has 0 bridgehead atoms. The van der Waals surface area contributed by atoms with Crippen molar-refractivity contribution in [2.75, 3.05) is 13.1 Å². The molecular formula is C11H20ClNO4. The summed E-state index contributed by atoms with van der Waals surface area (Å²) in [6.07, 6.45) is -0.123. The molecule has 0 radical (unpaired) electrons. The molecule has 0 heterocycles. The van der Waals surface area contributed by atoms with Crippen molar-refractivity contribution >= 4 is 23.7 Å². The van der Waals surface area contributed by atoms with Crippen LogP contribution in [0.25, 0.3) is 0 Å². The normalized spacial score (nSPS) is 12.8. The Labute approximate surface area is 107 Å². The molecular weight excluding hydrogens is 246 g/mol. The van der Waals surface area contributed by atoms with Crippen LogP contribution in [0.1, 0.15) is 34.1 Å². The first-order chi connectivity index (χ1) is 7.72. The van der Waals surface area contributed by atoms with E-state index in [1.165, 1.54) is 11.9 Å². The van der Waals surface area contributed by atoms with E-state index in [0.29, 0.717) is 6.42 Å². The van der Waals surface area contributed by atoms with Crippen molar-refractivity contribution in [3.8, 4) is 0 Å². The number of alkyl halides is 1. The Morgan fingerprint density at radius 2 is 1.88 bits per heavy atom. The second-order valence-corrected chi connectivity index (χ2v) is 4.81. The van der Waals surface area contributed by atoms with Crippen molar-refractivity contribution in [3.63, 3.8) is 0 Å². The summed E-state index contributed by atoms with van der Waals surface area (Å²) < 4.78 is 9.83. The summed E-state index contributed by atoms with van der Waals surface area (Å²) in [5.41, 5.74) is -0.597. The Bertz CT molecular complexity index is 275. The number of carbonyl (C=O) groups is 2. The second kappa shape index (κ2) is 6.69. The number of carbonyl (C=O) groups excluding carboxylic acids is 2. The van der Waals surface area contributed by atoms with Crippen LogP contribution in [0.4, 0.5) is 4.79 Å². The fourth-order valence-corrected chi connectivity index (χ4v) is 1.32. The van der Waals surface area contributed by atoms with E-state index < -0.39 is 23.7 Å². The highest BCUT2D eigenvalue weighted by molar-refractivity contribution is 6.17. The van der Waals surface area contributed by atoms with Crippen LogP contribution in [-0.4, -0.2) is 41.7 Å². The summed E-state index contributed by atoms with van der Waals surface area (Å²) in [5, 5.41) is 0. The molecule has 0 aliphatic heterocycles. The largest absolute Gasteiger partial charge is 0.448 e. The van der Waals surface area contributed by atoms with Gasteiger partial charge in [0.15, 0.2) is 6.07 Å². The van der Waals surface area contributed by atoms with Gasteiger partial charge in [0.25, 0.3) is 0 Å². The fourth-order valence-electron chi connectivity index (χ4n) is 1.21. The number of ether oxygens (including phenoxy) is 2. The molecule has 0 aliphatic rings. The Balaban J connectivity index is 4.58. The van der Waals surface area contributed by atoms with Gasteiger partial charge in [0.2, 0.25) is 0 Å². The number of likely N-dealkylation sites (N-methyl/N-ethyl adjacent to an activating group) is 1. The molecule has 0 N–H and O–H groups in total. The van der Waals surface area contributed by atoms with Crippen LogP contribution < -0.4 is 0 Å². The smallest absolute Gasteiger partial charge is 0.410 e. The van der Waals surface area contributed by atoms with E-state index in [1.807, 2.05) is 0 Å². The highest BCUT2D eigenvalue weighted by atomic mass is 35.5. The Morgan fingerprint density at radius 1 is 1.35 bits per heavy atom. The molecule has 0 aromatic rings. The number of rotatable bonds is 4. The maximum Gasteiger partial charge on any atom is 0.410 e. The molecule has 0 aromatic carbocycles. The van der Waals surface area contributed by atoms with Gasteiger partial charge in [-0.05, 0) is 27.2 Å². The van der Waals surface area contributed by atoms with Crippen molar-refractivity contribution in [3.05, 3.63) is 0 Å². The van der Waals surface area contributed by atoms with Gasteiger partial charge in [0, 0.05) is 7.05 Å². The monoisotopic (exact) mass is 265 g/mol. The van der Waals surface area contributed by atoms with E-state index in [-0.39, 0.29) is 6.07 Å². The van der Waals surface area contributed by atoms with Crippen LogP contribution in [0.5, 0.6) is 0 Å². The van der Waals surface area contributed by atoms with Gasteiger partial charge in [-0.1, -0.05) is 18.5 Å². The molecule has 0 fully saturated rings. The number of hydrogen-bond acceptors (Lipinski definition) is 4. The SMILES string of the molecule is CCC(C(=O)OCCl)N(C)C(=O)OC(C)(C)C. The van der Waals surface area contributed by atoms with E-state index in [1.54, 1.807) is 27.7 Å². The Hall–Kier alpha value is -0.970. The van der Waals surface area contributed by atoms with E-state index in [0.717, 1.165) is 0 Å². The van der Waals surface area contributed by atoms with Crippen LogP contribution >= 0.6 is 11.6 Å². The predicted molar refractivity (Wildman–Crippen MR) is 64.9 cm³/mol. The summed E-state index contributed by atoms with van der Waals surface area (Å²) in [6.45, 7) is 7.06. The molecule has 1 atom stereocenters. The lowest BCUT2D eigenvalue weighted by atomic mass is 10.2. The highest BCUT2D eigenvalue weighted by Crippen LogP contribution is 2.13. The first-order valence-corrected chi connectivity index (χ1v) is 5.94. The number of amides is 1. The van der Waals surface area contributed by atoms with Crippen LogP contribution in [-0.2, 0) is 14.3 Å². The van der Waals surface area contributed by atoms with Gasteiger partial charge in [-0.25, -0.2) is 9.59 Å². The second-order valence-electron chi connectivity index (χ2n) is 4.59. The van der Waals surface area contributed by atoms with Gasteiger partial charge in [0.1, 0.15) is 11.6 Å². The molecule has 5 nitrogen and oxygen atoms in total. The lowest BCUT2D eigenvalue weighted by molar-refractivity contribution is -0.147. The molecule has 0 aliphatic carbocycles. The van der Waals surface area contributed by atoms with Crippen molar-refractivity contribution in [1.82, 2.24) is 4.90 Å². The average molecular weight is 266 g/mol. The van der Waals surface area contributed by atoms with Crippen LogP contribution in [0.3, 0.4) is 0 Å². The maximum absolute atomic E-state index is 11.7. The topological polar surface area (TPSA) is 55.8 Å². The Morgan fingerprint density at radius 3 is 2.24 bits per heavy atom. The molecule has 0 rings (SSSR count). The summed E-state index contributed by atoms with van der Waals surface area (Å²) >= 11 is 5.31. The number of esters is 1. The van der Waals surface area contributed by atoms with E-state index in [4.69, 9.17) is 16.3 Å².